The largest absolute Gasteiger partial charge is 0.462 e. The monoisotopic (exact) mass is 1100 g/mol. The summed E-state index contributed by atoms with van der Waals surface area (Å²) in [5.74, 6) is 2.28. The van der Waals surface area contributed by atoms with Crippen LogP contribution in [0, 0.1) is 76.7 Å². The highest BCUT2D eigenvalue weighted by Gasteiger charge is 2.56. The second-order valence-corrected chi connectivity index (χ2v) is 23.8. The van der Waals surface area contributed by atoms with E-state index in [-0.39, 0.29) is 89.6 Å². The minimum Gasteiger partial charge on any atom is -0.462 e. The van der Waals surface area contributed by atoms with E-state index in [0.29, 0.717) is 49.2 Å². The fourth-order valence-electron chi connectivity index (χ4n) is 13.5. The predicted molar refractivity (Wildman–Crippen MR) is 302 cm³/mol. The number of carbonyl (C=O) groups excluding carboxylic acids is 4. The summed E-state index contributed by atoms with van der Waals surface area (Å²) >= 11 is 0. The van der Waals surface area contributed by atoms with Crippen LogP contribution in [-0.4, -0.2) is 94.9 Å². The van der Waals surface area contributed by atoms with E-state index in [0.717, 1.165) is 79.3 Å². The van der Waals surface area contributed by atoms with Gasteiger partial charge in [0.25, 0.3) is 0 Å². The molecule has 4 aromatic rings. The molecule has 1 N–H and O–H groups in total. The summed E-state index contributed by atoms with van der Waals surface area (Å²) in [6, 6.07) is 20.5. The number of allylic oxidation sites excluding steroid dienone is 1. The molecule has 4 aliphatic carbocycles. The zero-order chi connectivity index (χ0) is 56.8. The lowest BCUT2D eigenvalue weighted by Gasteiger charge is -2.47. The van der Waals surface area contributed by atoms with E-state index in [1.807, 2.05) is 37.3 Å². The van der Waals surface area contributed by atoms with Gasteiger partial charge in [-0.05, 0) is 169 Å². The molecule has 1 amide bonds. The average molecular weight is 1100 g/mol. The van der Waals surface area contributed by atoms with Crippen molar-refractivity contribution >= 4 is 60.5 Å². The first-order valence-corrected chi connectivity index (χ1v) is 29.8. The lowest BCUT2D eigenvalue weighted by Crippen LogP contribution is -2.49. The Bertz CT molecular complexity index is 2730. The molecule has 0 spiro atoms. The van der Waals surface area contributed by atoms with Gasteiger partial charge in [0.1, 0.15) is 30.1 Å². The first-order chi connectivity index (χ1) is 38.0. The quantitative estimate of drug-likeness (QED) is 0.0443. The number of pyridine rings is 2. The lowest BCUT2D eigenvalue weighted by molar-refractivity contribution is -0.145. The molecule has 79 heavy (non-hydrogen) atoms. The van der Waals surface area contributed by atoms with Gasteiger partial charge in [0.05, 0.1) is 49.2 Å². The smallest absolute Gasteiger partial charge is 0.407 e. The molecular weight excluding hydrogens is 1020 g/mol. The summed E-state index contributed by atoms with van der Waals surface area (Å²) in [5.41, 5.74) is 4.78. The van der Waals surface area contributed by atoms with E-state index in [4.69, 9.17) is 23.3 Å². The maximum Gasteiger partial charge on any atom is 0.407 e. The Morgan fingerprint density at radius 3 is 1.78 bits per heavy atom. The molecule has 2 saturated heterocycles. The number of carbonyl (C=O) groups is 4. The molecule has 14 atom stereocenters. The van der Waals surface area contributed by atoms with Crippen LogP contribution in [0.25, 0.3) is 28.3 Å². The molecule has 6 aliphatic rings. The number of nitrogens with one attached hydrogen (secondary N) is 1. The van der Waals surface area contributed by atoms with Crippen LogP contribution in [0.15, 0.2) is 91.3 Å². The molecule has 19 heteroatoms. The van der Waals surface area contributed by atoms with Crippen LogP contribution < -0.4 is 5.32 Å². The molecule has 5 radical (unpaired) electrons. The van der Waals surface area contributed by atoms with Crippen molar-refractivity contribution in [2.75, 3.05) is 19.8 Å². The highest BCUT2D eigenvalue weighted by atomic mass is 31.2. The van der Waals surface area contributed by atoms with Crippen molar-refractivity contribution in [1.29, 1.82) is 0 Å². The number of fused-ring (bicyclic) bond motifs is 4. The summed E-state index contributed by atoms with van der Waals surface area (Å²) in [7, 11) is 6.84. The zero-order valence-electron chi connectivity index (χ0n) is 46.3. The summed E-state index contributed by atoms with van der Waals surface area (Å²) in [6.07, 6.45) is 16.5. The number of esters is 2. The summed E-state index contributed by atoms with van der Waals surface area (Å²) in [6.45, 7) is 12.6. The van der Waals surface area contributed by atoms with Crippen molar-refractivity contribution in [2.45, 2.75) is 117 Å². The Morgan fingerprint density at radius 2 is 1.27 bits per heavy atom. The van der Waals surface area contributed by atoms with Crippen LogP contribution in [0.1, 0.15) is 104 Å². The predicted octanol–water partition coefficient (Wildman–Crippen LogP) is 11.6. The molecular formula is C60H74B3F2N3O10P. The van der Waals surface area contributed by atoms with Crippen LogP contribution >= 0.6 is 7.60 Å². The summed E-state index contributed by atoms with van der Waals surface area (Å²) in [4.78, 5) is 56.8. The van der Waals surface area contributed by atoms with E-state index in [2.05, 4.69) is 56.8 Å². The Hall–Kier alpha value is -5.44. The van der Waals surface area contributed by atoms with Gasteiger partial charge in [0.15, 0.2) is 0 Å². The van der Waals surface area contributed by atoms with E-state index in [1.54, 1.807) is 51.4 Å². The Labute approximate surface area is 468 Å². The number of rotatable bonds is 13. The lowest BCUT2D eigenvalue weighted by atomic mass is 9.40. The average Bonchev–Trinajstić information content (AvgIpc) is 4.10. The highest BCUT2D eigenvalue weighted by Crippen LogP contribution is 2.55. The minimum atomic E-state index is -3.16. The number of nitrogens with zero attached hydrogens (tertiary/aromatic N) is 2. The topological polar surface area (TPSA) is 169 Å². The van der Waals surface area contributed by atoms with Crippen LogP contribution in [0.2, 0.25) is 0 Å². The van der Waals surface area contributed by atoms with Gasteiger partial charge in [-0.2, -0.15) is 0 Å². The molecule has 2 aromatic heterocycles. The number of hydrogen-bond donors (Lipinski definition) is 1. The molecule has 2 aliphatic heterocycles. The van der Waals surface area contributed by atoms with Crippen molar-refractivity contribution in [3.05, 3.63) is 114 Å². The first-order valence-electron chi connectivity index (χ1n) is 28.1. The van der Waals surface area contributed by atoms with Crippen LogP contribution in [0.5, 0.6) is 0 Å². The van der Waals surface area contributed by atoms with Crippen molar-refractivity contribution < 1.29 is 55.8 Å². The van der Waals surface area contributed by atoms with E-state index in [1.165, 1.54) is 43.5 Å². The van der Waals surface area contributed by atoms with Gasteiger partial charge in [-0.15, -0.1) is 0 Å². The third-order valence-corrected chi connectivity index (χ3v) is 18.8. The van der Waals surface area contributed by atoms with Gasteiger partial charge in [-0.25, -0.2) is 13.6 Å². The first kappa shape index (κ1) is 61.2. The molecule has 417 valence electrons. The third kappa shape index (κ3) is 15.7. The van der Waals surface area contributed by atoms with Gasteiger partial charge in [0.2, 0.25) is 0 Å². The van der Waals surface area contributed by atoms with Crippen LogP contribution in [0.3, 0.4) is 0 Å². The van der Waals surface area contributed by atoms with Crippen LogP contribution in [0.4, 0.5) is 13.6 Å². The number of hydrogen-bond acceptors (Lipinski definition) is 12. The zero-order valence-corrected chi connectivity index (χ0v) is 47.2. The number of aromatic nitrogens is 2. The molecule has 4 saturated carbocycles. The molecule has 2 aromatic carbocycles. The fourth-order valence-corrected chi connectivity index (χ4v) is 15.1. The second-order valence-electron chi connectivity index (χ2n) is 21.7. The van der Waals surface area contributed by atoms with Gasteiger partial charge in [-0.1, -0.05) is 55.8 Å². The number of ether oxygens (including phenoxy) is 3. The Morgan fingerprint density at radius 1 is 0.722 bits per heavy atom. The second kappa shape index (κ2) is 28.8. The summed E-state index contributed by atoms with van der Waals surface area (Å²) in [5, 5.41) is 2.90. The summed E-state index contributed by atoms with van der Waals surface area (Å²) < 4.78 is 65.7. The standard InChI is InChI=1S/C27H30FNO2.C17H25NO5.C16H19FNO3P.B3/c1-16-6-10-23-20(12-16)14-25-26(17(2)31-27(25)30)24(23)11-9-22-8-7-19(15-29-22)18-4-3-5-21(28)13-18;1-3-22-17(21)18-11-4-5-12-10(6-11)7-13-15(14(12)8-19)9(2)23-16(13)20;1-3-20-22(19,21-4-2)12-16-9-8-14(11-18-16)13-6-5-7-15(17)10-13;1-3-2/h3-5,7-9,11,13,15-17,20,23-26H,6,10,12,14H2,1-2H3;8-15H,3-7H2,1-2H3,(H,18,21);5-11H,3-4,12H2,1-2H3;/b11-9+;;;/t16-,17-,20+,23-,24+,25-,26+;9-,10+,11?,12-,13-,14+,15-;;/m11../s1. The Kier molecular flexibility index (Phi) is 22.3. The maximum atomic E-state index is 13.5. The van der Waals surface area contributed by atoms with Crippen molar-refractivity contribution in [3.8, 4) is 22.3 Å². The molecule has 10 rings (SSSR count). The van der Waals surface area contributed by atoms with Gasteiger partial charge in [-0.3, -0.25) is 24.1 Å². The molecule has 1 unspecified atom stereocenters. The van der Waals surface area contributed by atoms with E-state index < -0.39 is 7.60 Å². The number of benzene rings is 2. The van der Waals surface area contributed by atoms with Gasteiger partial charge in [0, 0.05) is 69.9 Å². The Balaban J connectivity index is 0.000000171. The normalized spacial score (nSPS) is 29.4. The number of aldehydes is 1. The number of halogens is 2. The van der Waals surface area contributed by atoms with Crippen molar-refractivity contribution in [1.82, 2.24) is 15.3 Å². The minimum absolute atomic E-state index is 0.00477. The van der Waals surface area contributed by atoms with Crippen molar-refractivity contribution in [2.24, 2.45) is 65.1 Å². The van der Waals surface area contributed by atoms with Crippen molar-refractivity contribution in [3.63, 3.8) is 0 Å². The fraction of sp³-hybridized carbons (Fsp3) is 0.533. The van der Waals surface area contributed by atoms with E-state index in [9.17, 15) is 32.5 Å². The SMILES string of the molecule is CCOC(=O)NC1CC[C@@H]2[C@@H](C1)C[C@H]1C(=O)O[C@H](C)[C@H]1[C@H]2C=O.CCOP(=O)(Cc1ccc(-c2cccc(F)c2)cn1)OCC.C[C@@H]1CC[C@@H]2[C@@H](C1)C[C@H]1C(=O)O[C@H](C)[C@H]1[C@H]2/C=C/c1ccc(-c2cccc(F)c2)cn1.[B][B][B]. The molecule has 4 heterocycles. The number of cyclic esters (lactones) is 2. The third-order valence-electron chi connectivity index (χ3n) is 16.7. The van der Waals surface area contributed by atoms with E-state index >= 15 is 0 Å². The van der Waals surface area contributed by atoms with Crippen LogP contribution in [-0.2, 0) is 48.4 Å². The molecule has 13 nitrogen and oxygen atoms in total. The number of alkyl carbamates (subject to hydrolysis) is 1. The number of amides is 1. The highest BCUT2D eigenvalue weighted by molar-refractivity contribution is 7.53. The molecule has 0 bridgehead atoms. The van der Waals surface area contributed by atoms with Gasteiger partial charge < -0.3 is 33.4 Å². The van der Waals surface area contributed by atoms with Gasteiger partial charge >= 0.3 is 25.6 Å². The molecule has 6 fully saturated rings. The maximum absolute atomic E-state index is 13.5.